The van der Waals surface area contributed by atoms with Crippen LogP contribution in [-0.4, -0.2) is 35.8 Å². The fourth-order valence-electron chi connectivity index (χ4n) is 2.83. The molecule has 0 radical (unpaired) electrons. The Kier molecular flexibility index (Phi) is 5.88. The van der Waals surface area contributed by atoms with E-state index in [-0.39, 0.29) is 11.6 Å². The number of carbonyl (C=O) groups excluding carboxylic acids is 1. The van der Waals surface area contributed by atoms with E-state index in [4.69, 9.17) is 4.74 Å². The molecule has 0 fully saturated rings. The van der Waals surface area contributed by atoms with Gasteiger partial charge >= 0.3 is 6.03 Å². The van der Waals surface area contributed by atoms with Crippen molar-refractivity contribution in [3.63, 3.8) is 0 Å². The van der Waals surface area contributed by atoms with Crippen LogP contribution < -0.4 is 16.2 Å². The number of thiazole rings is 1. The molecule has 1 aromatic carbocycles. The molecule has 27 heavy (non-hydrogen) atoms. The van der Waals surface area contributed by atoms with Crippen molar-refractivity contribution in [3.05, 3.63) is 46.4 Å². The van der Waals surface area contributed by atoms with Crippen molar-refractivity contribution >= 4 is 32.7 Å². The summed E-state index contributed by atoms with van der Waals surface area (Å²) < 4.78 is 7.73. The summed E-state index contributed by atoms with van der Waals surface area (Å²) in [5.74, 6) is 0. The summed E-state index contributed by atoms with van der Waals surface area (Å²) in [7, 11) is 1.62. The number of benzene rings is 1. The molecule has 0 atom stereocenters. The lowest BCUT2D eigenvalue weighted by molar-refractivity contribution is 0.185. The molecule has 0 unspecified atom stereocenters. The van der Waals surface area contributed by atoms with E-state index in [1.54, 1.807) is 17.7 Å². The average Bonchev–Trinajstić information content (AvgIpc) is 3.02. The summed E-state index contributed by atoms with van der Waals surface area (Å²) in [4.78, 5) is 28.6. The highest BCUT2D eigenvalue weighted by Crippen LogP contribution is 2.30. The lowest BCUT2D eigenvalue weighted by Gasteiger charge is -2.11. The topological polar surface area (TPSA) is 85.2 Å². The van der Waals surface area contributed by atoms with Crippen molar-refractivity contribution < 1.29 is 9.53 Å². The molecular formula is C19H22N4O3S. The van der Waals surface area contributed by atoms with Crippen LogP contribution in [-0.2, 0) is 11.3 Å². The molecule has 142 valence electrons. The second-order valence-corrected chi connectivity index (χ2v) is 7.08. The third-order valence-electron chi connectivity index (χ3n) is 4.13. The van der Waals surface area contributed by atoms with E-state index in [0.29, 0.717) is 24.8 Å². The summed E-state index contributed by atoms with van der Waals surface area (Å²) in [6.45, 7) is 5.34. The fourth-order valence-corrected chi connectivity index (χ4v) is 3.67. The number of rotatable bonds is 6. The number of amides is 2. The van der Waals surface area contributed by atoms with Crippen molar-refractivity contribution in [2.75, 3.05) is 25.6 Å². The van der Waals surface area contributed by atoms with Gasteiger partial charge < -0.3 is 14.6 Å². The van der Waals surface area contributed by atoms with E-state index in [1.165, 1.54) is 11.3 Å². The zero-order valence-corrected chi connectivity index (χ0v) is 16.4. The van der Waals surface area contributed by atoms with Crippen molar-refractivity contribution in [1.82, 2.24) is 14.9 Å². The van der Waals surface area contributed by atoms with E-state index >= 15 is 0 Å². The number of fused-ring (bicyclic) bond motifs is 1. The number of urea groups is 1. The predicted molar refractivity (Wildman–Crippen MR) is 109 cm³/mol. The second kappa shape index (κ2) is 8.32. The smallest absolute Gasteiger partial charge is 0.321 e. The Morgan fingerprint density at radius 2 is 2.07 bits per heavy atom. The van der Waals surface area contributed by atoms with Gasteiger partial charge in [-0.15, -0.1) is 0 Å². The summed E-state index contributed by atoms with van der Waals surface area (Å²) >= 11 is 1.41. The maximum atomic E-state index is 12.4. The minimum Gasteiger partial charge on any atom is -0.383 e. The van der Waals surface area contributed by atoms with Gasteiger partial charge in [0.25, 0.3) is 5.56 Å². The summed E-state index contributed by atoms with van der Waals surface area (Å²) in [5, 5.41) is 5.95. The molecule has 3 rings (SSSR count). The Bertz CT molecular complexity index is 1030. The first kappa shape index (κ1) is 19.1. The monoisotopic (exact) mass is 386 g/mol. The predicted octanol–water partition coefficient (Wildman–Crippen LogP) is 3.22. The SMILES string of the molecule is CCNC(=O)Nc1nc2cc(-c3cc(C)n(CCOC)c(=O)c3)ccc2s1. The van der Waals surface area contributed by atoms with Gasteiger partial charge in [0.15, 0.2) is 5.13 Å². The molecule has 2 amide bonds. The number of nitrogens with one attached hydrogen (secondary N) is 2. The third kappa shape index (κ3) is 4.35. The Morgan fingerprint density at radius 3 is 2.78 bits per heavy atom. The lowest BCUT2D eigenvalue weighted by atomic mass is 10.1. The average molecular weight is 386 g/mol. The van der Waals surface area contributed by atoms with Gasteiger partial charge in [-0.1, -0.05) is 17.4 Å². The number of methoxy groups -OCH3 is 1. The van der Waals surface area contributed by atoms with Gasteiger partial charge in [-0.05, 0) is 43.2 Å². The van der Waals surface area contributed by atoms with Crippen LogP contribution in [0.3, 0.4) is 0 Å². The zero-order valence-electron chi connectivity index (χ0n) is 15.5. The first-order valence-electron chi connectivity index (χ1n) is 8.68. The second-order valence-electron chi connectivity index (χ2n) is 6.05. The maximum absolute atomic E-state index is 12.4. The van der Waals surface area contributed by atoms with Crippen LogP contribution in [0, 0.1) is 6.92 Å². The van der Waals surface area contributed by atoms with Gasteiger partial charge in [-0.2, -0.15) is 0 Å². The molecule has 0 aliphatic carbocycles. The van der Waals surface area contributed by atoms with Gasteiger partial charge in [0.2, 0.25) is 0 Å². The number of nitrogens with zero attached hydrogens (tertiary/aromatic N) is 2. The van der Waals surface area contributed by atoms with Gasteiger partial charge in [-0.25, -0.2) is 9.78 Å². The number of ether oxygens (including phenoxy) is 1. The Hall–Kier alpha value is -2.71. The first-order valence-corrected chi connectivity index (χ1v) is 9.49. The molecule has 0 saturated heterocycles. The normalized spacial score (nSPS) is 10.9. The van der Waals surface area contributed by atoms with Crippen LogP contribution in [0.1, 0.15) is 12.6 Å². The number of carbonyl (C=O) groups is 1. The van der Waals surface area contributed by atoms with Crippen LogP contribution >= 0.6 is 11.3 Å². The van der Waals surface area contributed by atoms with Gasteiger partial charge in [-0.3, -0.25) is 10.1 Å². The summed E-state index contributed by atoms with van der Waals surface area (Å²) in [6.07, 6.45) is 0. The molecule has 0 spiro atoms. The lowest BCUT2D eigenvalue weighted by Crippen LogP contribution is -2.28. The van der Waals surface area contributed by atoms with Crippen LogP contribution in [0.4, 0.5) is 9.93 Å². The van der Waals surface area contributed by atoms with Crippen LogP contribution in [0.5, 0.6) is 0 Å². The maximum Gasteiger partial charge on any atom is 0.321 e. The standard InChI is InChI=1S/C19H22N4O3S/c1-4-20-18(25)22-19-21-15-10-13(5-6-16(15)27-19)14-9-12(2)23(7-8-26-3)17(24)11-14/h5-6,9-11H,4,7-8H2,1-3H3,(H2,20,21,22,25). The molecule has 2 heterocycles. The highest BCUT2D eigenvalue weighted by molar-refractivity contribution is 7.22. The minimum absolute atomic E-state index is 0.0565. The Morgan fingerprint density at radius 1 is 1.26 bits per heavy atom. The van der Waals surface area contributed by atoms with Crippen molar-refractivity contribution in [3.8, 4) is 11.1 Å². The molecule has 0 saturated carbocycles. The molecule has 0 bridgehead atoms. The zero-order chi connectivity index (χ0) is 19.4. The molecule has 7 nitrogen and oxygen atoms in total. The highest BCUT2D eigenvalue weighted by Gasteiger charge is 2.10. The van der Waals surface area contributed by atoms with Gasteiger partial charge in [0.1, 0.15) is 0 Å². The van der Waals surface area contributed by atoms with Crippen LogP contribution in [0.25, 0.3) is 21.3 Å². The van der Waals surface area contributed by atoms with Crippen molar-refractivity contribution in [2.24, 2.45) is 0 Å². The number of hydrogen-bond acceptors (Lipinski definition) is 5. The summed E-state index contributed by atoms with van der Waals surface area (Å²) in [5.41, 5.74) is 3.37. The minimum atomic E-state index is -0.271. The van der Waals surface area contributed by atoms with E-state index in [9.17, 15) is 9.59 Å². The molecule has 8 heteroatoms. The van der Waals surface area contributed by atoms with Crippen molar-refractivity contribution in [1.29, 1.82) is 0 Å². The van der Waals surface area contributed by atoms with E-state index < -0.39 is 0 Å². The molecule has 0 aliphatic heterocycles. The molecule has 2 N–H and O–H groups in total. The largest absolute Gasteiger partial charge is 0.383 e. The number of aryl methyl sites for hydroxylation is 1. The molecule has 2 aromatic heterocycles. The van der Waals surface area contributed by atoms with Crippen LogP contribution in [0.15, 0.2) is 35.1 Å². The fraction of sp³-hybridized carbons (Fsp3) is 0.316. The van der Waals surface area contributed by atoms with Gasteiger partial charge in [0, 0.05) is 32.0 Å². The highest BCUT2D eigenvalue weighted by atomic mass is 32.1. The Balaban J connectivity index is 1.91. The van der Waals surface area contributed by atoms with E-state index in [2.05, 4.69) is 15.6 Å². The van der Waals surface area contributed by atoms with E-state index in [0.717, 1.165) is 27.0 Å². The van der Waals surface area contributed by atoms with Crippen LogP contribution in [0.2, 0.25) is 0 Å². The number of anilines is 1. The summed E-state index contributed by atoms with van der Waals surface area (Å²) in [6, 6.07) is 9.19. The quantitative estimate of drug-likeness (QED) is 0.681. The number of hydrogen-bond donors (Lipinski definition) is 2. The first-order chi connectivity index (χ1) is 13.0. The number of pyridine rings is 1. The molecule has 0 aliphatic rings. The Labute approximate surface area is 161 Å². The molecule has 3 aromatic rings. The van der Waals surface area contributed by atoms with Gasteiger partial charge in [0.05, 0.1) is 16.8 Å². The van der Waals surface area contributed by atoms with E-state index in [1.807, 2.05) is 38.1 Å². The molecular weight excluding hydrogens is 364 g/mol. The number of aromatic nitrogens is 2. The van der Waals surface area contributed by atoms with Crippen molar-refractivity contribution in [2.45, 2.75) is 20.4 Å². The third-order valence-corrected chi connectivity index (χ3v) is 5.08.